The van der Waals surface area contributed by atoms with Gasteiger partial charge in [0.2, 0.25) is 0 Å². The molecule has 0 spiro atoms. The first-order valence-electron chi connectivity index (χ1n) is 10.7. The molecule has 0 heterocycles. The molecule has 0 aliphatic heterocycles. The zero-order chi connectivity index (χ0) is 20.1. The van der Waals surface area contributed by atoms with Crippen LogP contribution >= 0.6 is 22.6 Å². The van der Waals surface area contributed by atoms with Crippen LogP contribution in [0.25, 0.3) is 0 Å². The number of halogens is 1. The molecule has 0 aliphatic carbocycles. The molecule has 0 N–H and O–H groups in total. The van der Waals surface area contributed by atoms with Crippen LogP contribution in [0.15, 0.2) is 12.2 Å². The first-order valence-corrected chi connectivity index (χ1v) is 14.9. The number of rotatable bonds is 15. The van der Waals surface area contributed by atoms with E-state index in [9.17, 15) is 0 Å². The van der Waals surface area contributed by atoms with Gasteiger partial charge >= 0.3 is 0 Å². The smallest absolute Gasteiger partial charge is 0.195 e. The average Bonchev–Trinajstić information content (AvgIpc) is 2.55. The monoisotopic (exact) mass is 496 g/mol. The summed E-state index contributed by atoms with van der Waals surface area (Å²) in [5, 5.41) is 0.211. The number of hydrogen-bond acceptors (Lipinski definition) is 2. The van der Waals surface area contributed by atoms with Gasteiger partial charge in [0.05, 0.1) is 10.5 Å². The molecule has 0 rings (SSSR count). The molecule has 0 saturated carbocycles. The topological polar surface area (TPSA) is 18.5 Å². The van der Waals surface area contributed by atoms with E-state index < -0.39 is 8.32 Å². The molecule has 0 aliphatic rings. The Balaban J connectivity index is 4.59. The van der Waals surface area contributed by atoms with Crippen molar-refractivity contribution in [1.82, 2.24) is 0 Å². The first-order chi connectivity index (χ1) is 12.2. The zero-order valence-corrected chi connectivity index (χ0v) is 21.7. The summed E-state index contributed by atoms with van der Waals surface area (Å²) in [6, 6.07) is 0. The lowest BCUT2D eigenvalue weighted by Gasteiger charge is -2.40. The molecule has 0 saturated heterocycles. The Morgan fingerprint density at radius 1 is 0.923 bits per heavy atom. The highest BCUT2D eigenvalue weighted by atomic mass is 127. The van der Waals surface area contributed by atoms with E-state index in [1.165, 1.54) is 51.4 Å². The van der Waals surface area contributed by atoms with Gasteiger partial charge in [-0.15, -0.1) is 0 Å². The van der Waals surface area contributed by atoms with Crippen LogP contribution in [0.2, 0.25) is 18.1 Å². The lowest BCUT2D eigenvalue weighted by Crippen LogP contribution is -2.47. The van der Waals surface area contributed by atoms with E-state index in [2.05, 4.69) is 82.5 Å². The molecule has 2 nitrogen and oxygen atoms in total. The molecule has 0 radical (unpaired) electrons. The minimum absolute atomic E-state index is 0.0848. The molecule has 2 atom stereocenters. The molecule has 0 aromatic heterocycles. The third-order valence-corrected chi connectivity index (χ3v) is 11.0. The molecule has 0 aromatic carbocycles. The molecule has 0 amide bonds. The Bertz CT molecular complexity index is 364. The molecule has 0 fully saturated rings. The van der Waals surface area contributed by atoms with Gasteiger partial charge in [0.1, 0.15) is 0 Å². The van der Waals surface area contributed by atoms with Gasteiger partial charge in [0, 0.05) is 0 Å². The molecular formula is C22H45IO2Si. The molecule has 4 heteroatoms. The van der Waals surface area contributed by atoms with Gasteiger partial charge in [-0.2, -0.15) is 0 Å². The highest BCUT2D eigenvalue weighted by molar-refractivity contribution is 14.1. The number of ether oxygens (including phenoxy) is 1. The Morgan fingerprint density at radius 3 is 2.12 bits per heavy atom. The second kappa shape index (κ2) is 14.6. The lowest BCUT2D eigenvalue weighted by molar-refractivity contribution is -0.0761. The minimum Gasteiger partial charge on any atom is -0.391 e. The summed E-state index contributed by atoms with van der Waals surface area (Å²) in [6.45, 7) is 16.7. The van der Waals surface area contributed by atoms with E-state index >= 15 is 0 Å². The van der Waals surface area contributed by atoms with Crippen LogP contribution in [-0.4, -0.2) is 25.1 Å². The van der Waals surface area contributed by atoms with Crippen LogP contribution in [0.5, 0.6) is 0 Å². The maximum atomic E-state index is 6.64. The van der Waals surface area contributed by atoms with Gasteiger partial charge in [-0.3, -0.25) is 0 Å². The van der Waals surface area contributed by atoms with Crippen molar-refractivity contribution in [2.45, 2.75) is 121 Å². The second-order valence-electron chi connectivity index (χ2n) is 8.91. The summed E-state index contributed by atoms with van der Waals surface area (Å²) < 4.78 is 13.3. The van der Waals surface area contributed by atoms with Crippen molar-refractivity contribution in [3.05, 3.63) is 12.2 Å². The number of hydrogen-bond donors (Lipinski definition) is 0. The highest BCUT2D eigenvalue weighted by Gasteiger charge is 2.40. The van der Waals surface area contributed by atoms with Crippen LogP contribution in [0.1, 0.15) is 92.4 Å². The zero-order valence-electron chi connectivity index (χ0n) is 18.6. The van der Waals surface area contributed by atoms with Crippen LogP contribution in [-0.2, 0) is 9.16 Å². The van der Waals surface area contributed by atoms with Crippen molar-refractivity contribution >= 4 is 30.9 Å². The summed E-state index contributed by atoms with van der Waals surface area (Å²) >= 11 is 2.56. The average molecular weight is 497 g/mol. The van der Waals surface area contributed by atoms with Crippen molar-refractivity contribution in [3.63, 3.8) is 0 Å². The molecule has 156 valence electrons. The van der Waals surface area contributed by atoms with Crippen molar-refractivity contribution < 1.29 is 9.16 Å². The molecule has 0 unspecified atom stereocenters. The van der Waals surface area contributed by atoms with Crippen LogP contribution < -0.4 is 0 Å². The van der Waals surface area contributed by atoms with Crippen LogP contribution in [0.3, 0.4) is 0 Å². The third kappa shape index (κ3) is 12.1. The minimum atomic E-state index is -1.83. The molecule has 26 heavy (non-hydrogen) atoms. The fraction of sp³-hybridized carbons (Fsp3) is 0.909. The van der Waals surface area contributed by atoms with Gasteiger partial charge in [-0.05, 0) is 31.0 Å². The lowest BCUT2D eigenvalue weighted by atomic mass is 10.1. The second-order valence-corrected chi connectivity index (χ2v) is 15.3. The highest BCUT2D eigenvalue weighted by Crippen LogP contribution is 2.38. The summed E-state index contributed by atoms with van der Waals surface area (Å²) in [5.74, 6) is 0. The Hall–Kier alpha value is 0.607. The molecule has 0 bridgehead atoms. The van der Waals surface area contributed by atoms with E-state index in [4.69, 9.17) is 9.16 Å². The van der Waals surface area contributed by atoms with Gasteiger partial charge in [0.15, 0.2) is 14.6 Å². The van der Waals surface area contributed by atoms with Gasteiger partial charge < -0.3 is 9.16 Å². The van der Waals surface area contributed by atoms with Gasteiger partial charge in [0.25, 0.3) is 0 Å². The van der Waals surface area contributed by atoms with Crippen molar-refractivity contribution in [2.24, 2.45) is 0 Å². The van der Waals surface area contributed by atoms with E-state index in [1.54, 1.807) is 0 Å². The number of alkyl halides is 1. The number of allylic oxidation sites excluding steroid dienone is 1. The van der Waals surface area contributed by atoms with E-state index in [0.717, 1.165) is 6.42 Å². The molecule has 0 aromatic rings. The van der Waals surface area contributed by atoms with Crippen molar-refractivity contribution in [3.8, 4) is 0 Å². The SMILES string of the molecule is CCC/C=C/CO[C@@H](O[Si](C)(C)C(C)(C)C)[C@H](I)CCCCCCCC. The predicted molar refractivity (Wildman–Crippen MR) is 128 cm³/mol. The normalized spacial score (nSPS) is 15.5. The third-order valence-electron chi connectivity index (χ3n) is 5.32. The number of unbranched alkanes of at least 4 members (excludes halogenated alkanes) is 6. The van der Waals surface area contributed by atoms with Crippen molar-refractivity contribution in [2.75, 3.05) is 6.61 Å². The predicted octanol–water partition coefficient (Wildman–Crippen LogP) is 8.26. The van der Waals surface area contributed by atoms with Crippen LogP contribution in [0.4, 0.5) is 0 Å². The van der Waals surface area contributed by atoms with E-state index in [0.29, 0.717) is 10.5 Å². The standard InChI is InChI=1S/C22H45IO2Si/c1-8-10-12-14-15-16-18-20(23)21(24-19-17-13-11-9-2)25-26(6,7)22(3,4)5/h13,17,20-21H,8-12,14-16,18-19H2,1-7H3/b17-13+/t20-,21+/m1/s1. The summed E-state index contributed by atoms with van der Waals surface area (Å²) in [4.78, 5) is 0. The first kappa shape index (κ1) is 26.6. The van der Waals surface area contributed by atoms with E-state index in [-0.39, 0.29) is 11.3 Å². The maximum absolute atomic E-state index is 6.64. The van der Waals surface area contributed by atoms with E-state index in [1.807, 2.05) is 0 Å². The fourth-order valence-corrected chi connectivity index (χ4v) is 4.68. The molecular weight excluding hydrogens is 451 g/mol. The van der Waals surface area contributed by atoms with Gasteiger partial charge in [-0.1, -0.05) is 114 Å². The van der Waals surface area contributed by atoms with Crippen molar-refractivity contribution in [1.29, 1.82) is 0 Å². The van der Waals surface area contributed by atoms with Gasteiger partial charge in [-0.25, -0.2) is 0 Å². The summed E-state index contributed by atoms with van der Waals surface area (Å²) in [7, 11) is -1.83. The summed E-state index contributed by atoms with van der Waals surface area (Å²) in [5.41, 5.74) is 0. The Morgan fingerprint density at radius 2 is 1.54 bits per heavy atom. The Labute approximate surface area is 179 Å². The maximum Gasteiger partial charge on any atom is 0.195 e. The fourth-order valence-electron chi connectivity index (χ4n) is 2.44. The quantitative estimate of drug-likeness (QED) is 0.0567. The largest absolute Gasteiger partial charge is 0.391 e. The summed E-state index contributed by atoms with van der Waals surface area (Å²) in [6.07, 6.45) is 15.8. The Kier molecular flexibility index (Phi) is 14.9. The van der Waals surface area contributed by atoms with Crippen LogP contribution in [0, 0.1) is 0 Å².